The highest BCUT2D eigenvalue weighted by Crippen LogP contribution is 2.28. The molecule has 0 heterocycles. The minimum atomic E-state index is -0.726. The highest BCUT2D eigenvalue weighted by atomic mass is 16.5. The molecule has 1 amide bonds. The largest absolute Gasteiger partial charge is 0.493 e. The van der Waals surface area contributed by atoms with Gasteiger partial charge < -0.3 is 24.3 Å². The number of benzene rings is 3. The van der Waals surface area contributed by atoms with E-state index in [0.717, 1.165) is 11.1 Å². The average Bonchev–Trinajstić information content (AvgIpc) is 2.92. The zero-order valence-corrected chi connectivity index (χ0v) is 21.5. The molecular weight excluding hydrogens is 456 g/mol. The van der Waals surface area contributed by atoms with Crippen molar-refractivity contribution in [2.24, 2.45) is 0 Å². The fourth-order valence-electron chi connectivity index (χ4n) is 3.90. The molecule has 0 bridgehead atoms. The first-order valence-corrected chi connectivity index (χ1v) is 12.0. The molecular formula is C29H36N2O5. The minimum Gasteiger partial charge on any atom is -0.493 e. The van der Waals surface area contributed by atoms with Gasteiger partial charge in [0.2, 0.25) is 0 Å². The molecule has 1 N–H and O–H groups in total. The van der Waals surface area contributed by atoms with E-state index >= 15 is 0 Å². The van der Waals surface area contributed by atoms with Crippen LogP contribution in [0.25, 0.3) is 0 Å². The standard InChI is InChI=1S/C29H36N2O5/c1-22(24-11-7-5-8-12-24)30-29(32)28(36-25-13-9-6-10-14-25)21-31(17-18-33-2)20-23-15-16-26(34-3)27(19-23)35-4/h5-16,19,22,28H,17-18,20-21H2,1-4H3,(H,30,32)/t22-,28+/m0/s1. The van der Waals surface area contributed by atoms with Crippen LogP contribution >= 0.6 is 0 Å². The van der Waals surface area contributed by atoms with Crippen molar-refractivity contribution in [2.75, 3.05) is 41.0 Å². The molecule has 2 atom stereocenters. The zero-order chi connectivity index (χ0) is 25.8. The van der Waals surface area contributed by atoms with Crippen molar-refractivity contribution in [3.63, 3.8) is 0 Å². The Balaban J connectivity index is 1.80. The number of amides is 1. The van der Waals surface area contributed by atoms with Crippen LogP contribution in [0, 0.1) is 0 Å². The maximum absolute atomic E-state index is 13.4. The van der Waals surface area contributed by atoms with Crippen LogP contribution in [0.15, 0.2) is 78.9 Å². The third kappa shape index (κ3) is 8.00. The van der Waals surface area contributed by atoms with E-state index in [9.17, 15) is 4.79 Å². The molecule has 0 fully saturated rings. The lowest BCUT2D eigenvalue weighted by Crippen LogP contribution is -2.47. The lowest BCUT2D eigenvalue weighted by Gasteiger charge is -2.28. The Morgan fingerprint density at radius 2 is 1.56 bits per heavy atom. The Morgan fingerprint density at radius 3 is 2.19 bits per heavy atom. The van der Waals surface area contributed by atoms with Crippen molar-refractivity contribution in [3.8, 4) is 17.2 Å². The number of methoxy groups -OCH3 is 3. The first-order chi connectivity index (χ1) is 17.5. The third-order valence-electron chi connectivity index (χ3n) is 5.86. The summed E-state index contributed by atoms with van der Waals surface area (Å²) < 4.78 is 22.4. The predicted molar refractivity (Wildman–Crippen MR) is 141 cm³/mol. The fourth-order valence-corrected chi connectivity index (χ4v) is 3.90. The van der Waals surface area contributed by atoms with Gasteiger partial charge in [0.15, 0.2) is 17.6 Å². The van der Waals surface area contributed by atoms with Crippen LogP contribution < -0.4 is 19.5 Å². The minimum absolute atomic E-state index is 0.154. The number of hydrogen-bond donors (Lipinski definition) is 1. The molecule has 7 nitrogen and oxygen atoms in total. The quantitative estimate of drug-likeness (QED) is 0.358. The molecule has 0 aliphatic rings. The Labute approximate surface area is 213 Å². The number of nitrogens with zero attached hydrogens (tertiary/aromatic N) is 1. The van der Waals surface area contributed by atoms with Gasteiger partial charge in [0.05, 0.1) is 26.9 Å². The van der Waals surface area contributed by atoms with Crippen LogP contribution in [0.3, 0.4) is 0 Å². The molecule has 7 heteroatoms. The van der Waals surface area contributed by atoms with E-state index in [-0.39, 0.29) is 11.9 Å². The van der Waals surface area contributed by atoms with E-state index in [0.29, 0.717) is 43.5 Å². The van der Waals surface area contributed by atoms with Gasteiger partial charge in [-0.1, -0.05) is 54.6 Å². The Bertz CT molecular complexity index is 1060. The van der Waals surface area contributed by atoms with Gasteiger partial charge in [0.1, 0.15) is 5.75 Å². The molecule has 0 spiro atoms. The van der Waals surface area contributed by atoms with Crippen LogP contribution in [0.1, 0.15) is 24.1 Å². The summed E-state index contributed by atoms with van der Waals surface area (Å²) in [6.45, 7) is 4.08. The summed E-state index contributed by atoms with van der Waals surface area (Å²) in [6.07, 6.45) is -0.726. The molecule has 0 aliphatic carbocycles. The summed E-state index contributed by atoms with van der Waals surface area (Å²) in [5.74, 6) is 1.80. The first-order valence-electron chi connectivity index (χ1n) is 12.0. The normalized spacial score (nSPS) is 12.6. The van der Waals surface area contributed by atoms with Crippen LogP contribution in [0.2, 0.25) is 0 Å². The van der Waals surface area contributed by atoms with Gasteiger partial charge >= 0.3 is 0 Å². The van der Waals surface area contributed by atoms with Gasteiger partial charge in [0.25, 0.3) is 5.91 Å². The zero-order valence-electron chi connectivity index (χ0n) is 21.5. The summed E-state index contributed by atoms with van der Waals surface area (Å²) in [5, 5.41) is 3.12. The second-order valence-corrected chi connectivity index (χ2v) is 8.48. The average molecular weight is 493 g/mol. The maximum Gasteiger partial charge on any atom is 0.262 e. The van der Waals surface area contributed by atoms with E-state index in [1.54, 1.807) is 21.3 Å². The molecule has 0 unspecified atom stereocenters. The lowest BCUT2D eigenvalue weighted by molar-refractivity contribution is -0.129. The van der Waals surface area contributed by atoms with Crippen molar-refractivity contribution in [2.45, 2.75) is 25.6 Å². The molecule has 0 saturated heterocycles. The number of nitrogens with one attached hydrogen (secondary N) is 1. The van der Waals surface area contributed by atoms with E-state index < -0.39 is 6.10 Å². The number of hydrogen-bond acceptors (Lipinski definition) is 6. The topological polar surface area (TPSA) is 69.3 Å². The molecule has 3 aromatic rings. The molecule has 0 saturated carbocycles. The maximum atomic E-state index is 13.4. The summed E-state index contributed by atoms with van der Waals surface area (Å²) in [5.41, 5.74) is 2.06. The summed E-state index contributed by atoms with van der Waals surface area (Å²) in [7, 11) is 4.90. The van der Waals surface area contributed by atoms with Crippen molar-refractivity contribution >= 4 is 5.91 Å². The van der Waals surface area contributed by atoms with Crippen LogP contribution in [-0.4, -0.2) is 57.9 Å². The Hall–Kier alpha value is -3.55. The van der Waals surface area contributed by atoms with E-state index in [2.05, 4.69) is 10.2 Å². The Kier molecular flexibility index (Phi) is 10.6. The number of para-hydroxylation sites is 1. The summed E-state index contributed by atoms with van der Waals surface area (Å²) >= 11 is 0. The SMILES string of the molecule is COCCN(Cc1ccc(OC)c(OC)c1)C[C@@H](Oc1ccccc1)C(=O)N[C@@H](C)c1ccccc1. The van der Waals surface area contributed by atoms with Gasteiger partial charge in [-0.15, -0.1) is 0 Å². The van der Waals surface area contributed by atoms with Crippen molar-refractivity contribution < 1.29 is 23.7 Å². The lowest BCUT2D eigenvalue weighted by atomic mass is 10.1. The molecule has 3 aromatic carbocycles. The molecule has 0 aliphatic heterocycles. The third-order valence-corrected chi connectivity index (χ3v) is 5.86. The van der Waals surface area contributed by atoms with Crippen LogP contribution in [0.4, 0.5) is 0 Å². The molecule has 192 valence electrons. The first kappa shape index (κ1) is 27.0. The highest BCUT2D eigenvalue weighted by molar-refractivity contribution is 5.81. The van der Waals surface area contributed by atoms with Crippen molar-refractivity contribution in [1.82, 2.24) is 10.2 Å². The predicted octanol–water partition coefficient (Wildman–Crippen LogP) is 4.48. The van der Waals surface area contributed by atoms with Gasteiger partial charge in [-0.3, -0.25) is 9.69 Å². The molecule has 0 aromatic heterocycles. The van der Waals surface area contributed by atoms with Crippen LogP contribution in [0.5, 0.6) is 17.2 Å². The smallest absolute Gasteiger partial charge is 0.262 e. The van der Waals surface area contributed by atoms with Gasteiger partial charge in [-0.25, -0.2) is 0 Å². The van der Waals surface area contributed by atoms with Crippen LogP contribution in [-0.2, 0) is 16.1 Å². The second kappa shape index (κ2) is 14.1. The van der Waals surface area contributed by atoms with Crippen molar-refractivity contribution in [3.05, 3.63) is 90.0 Å². The number of rotatable bonds is 14. The monoisotopic (exact) mass is 492 g/mol. The van der Waals surface area contributed by atoms with Gasteiger partial charge in [-0.2, -0.15) is 0 Å². The molecule has 36 heavy (non-hydrogen) atoms. The van der Waals surface area contributed by atoms with Crippen molar-refractivity contribution in [1.29, 1.82) is 0 Å². The van der Waals surface area contributed by atoms with E-state index in [1.165, 1.54) is 0 Å². The number of carbonyl (C=O) groups is 1. The number of ether oxygens (including phenoxy) is 4. The van der Waals surface area contributed by atoms with E-state index in [1.807, 2.05) is 85.8 Å². The molecule has 0 radical (unpaired) electrons. The highest BCUT2D eigenvalue weighted by Gasteiger charge is 2.26. The fraction of sp³-hybridized carbons (Fsp3) is 0.345. The molecule has 3 rings (SSSR count). The second-order valence-electron chi connectivity index (χ2n) is 8.48. The van der Waals surface area contributed by atoms with Gasteiger partial charge in [0, 0.05) is 26.7 Å². The Morgan fingerprint density at radius 1 is 0.889 bits per heavy atom. The summed E-state index contributed by atoms with van der Waals surface area (Å²) in [4.78, 5) is 15.6. The van der Waals surface area contributed by atoms with Gasteiger partial charge in [-0.05, 0) is 42.3 Å². The summed E-state index contributed by atoms with van der Waals surface area (Å²) in [6, 6.07) is 25.0. The number of carbonyl (C=O) groups excluding carboxylic acids is 1. The van der Waals surface area contributed by atoms with E-state index in [4.69, 9.17) is 18.9 Å².